The van der Waals surface area contributed by atoms with Crippen LogP contribution in [0.15, 0.2) is 82.2 Å². The molecule has 41 heavy (non-hydrogen) atoms. The Hall–Kier alpha value is -3.37. The largest absolute Gasteiger partial charge is 0.496 e. The first-order valence-electron chi connectivity index (χ1n) is 13.6. The maximum Gasteiger partial charge on any atom is 0.264 e. The van der Waals surface area contributed by atoms with Gasteiger partial charge in [0.05, 0.1) is 22.2 Å². The molecule has 0 heterocycles. The average molecular weight is 645 g/mol. The molecular formula is C31H38BrN3O5S. The van der Waals surface area contributed by atoms with Gasteiger partial charge in [-0.15, -0.1) is 0 Å². The smallest absolute Gasteiger partial charge is 0.264 e. The summed E-state index contributed by atoms with van der Waals surface area (Å²) in [6.45, 7) is 7.29. The molecule has 0 bridgehead atoms. The second-order valence-electron chi connectivity index (χ2n) is 9.89. The van der Waals surface area contributed by atoms with Crippen LogP contribution in [-0.2, 0) is 26.2 Å². The van der Waals surface area contributed by atoms with Crippen LogP contribution in [0, 0.1) is 6.92 Å². The van der Waals surface area contributed by atoms with E-state index in [1.54, 1.807) is 30.3 Å². The van der Waals surface area contributed by atoms with Gasteiger partial charge in [0, 0.05) is 12.6 Å². The van der Waals surface area contributed by atoms with Crippen LogP contribution in [0.25, 0.3) is 0 Å². The molecule has 8 nitrogen and oxygen atoms in total. The van der Waals surface area contributed by atoms with Gasteiger partial charge in [-0.25, -0.2) is 8.42 Å². The Morgan fingerprint density at radius 3 is 2.20 bits per heavy atom. The molecule has 3 aromatic carbocycles. The molecule has 220 valence electrons. The molecule has 0 aliphatic rings. The topological polar surface area (TPSA) is 96.0 Å². The second-order valence-corrected chi connectivity index (χ2v) is 12.6. The summed E-state index contributed by atoms with van der Waals surface area (Å²) in [5.74, 6) is -0.277. The third kappa shape index (κ3) is 8.10. The molecule has 1 N–H and O–H groups in total. The summed E-state index contributed by atoms with van der Waals surface area (Å²) in [4.78, 5) is 28.9. The molecule has 0 aromatic heterocycles. The van der Waals surface area contributed by atoms with Gasteiger partial charge in [0.2, 0.25) is 11.8 Å². The van der Waals surface area contributed by atoms with E-state index in [9.17, 15) is 18.0 Å². The lowest BCUT2D eigenvalue weighted by molar-refractivity contribution is -0.140. The molecule has 0 spiro atoms. The predicted molar refractivity (Wildman–Crippen MR) is 165 cm³/mol. The van der Waals surface area contributed by atoms with E-state index in [1.165, 1.54) is 24.1 Å². The highest BCUT2D eigenvalue weighted by molar-refractivity contribution is 9.10. The van der Waals surface area contributed by atoms with Crippen molar-refractivity contribution in [1.82, 2.24) is 10.2 Å². The van der Waals surface area contributed by atoms with Crippen LogP contribution in [0.4, 0.5) is 5.69 Å². The Bertz CT molecular complexity index is 1430. The summed E-state index contributed by atoms with van der Waals surface area (Å²) in [5.41, 5.74) is 2.12. The van der Waals surface area contributed by atoms with Gasteiger partial charge in [0.25, 0.3) is 10.0 Å². The Morgan fingerprint density at radius 1 is 0.976 bits per heavy atom. The number of carbonyl (C=O) groups is 2. The summed E-state index contributed by atoms with van der Waals surface area (Å²) in [6.07, 6.45) is 1.11. The molecule has 3 aromatic rings. The van der Waals surface area contributed by atoms with Crippen molar-refractivity contribution >= 4 is 43.5 Å². The van der Waals surface area contributed by atoms with Crippen molar-refractivity contribution in [2.24, 2.45) is 0 Å². The monoisotopic (exact) mass is 643 g/mol. The first kappa shape index (κ1) is 32.1. The van der Waals surface area contributed by atoms with Crippen molar-refractivity contribution in [2.75, 3.05) is 18.0 Å². The zero-order valence-corrected chi connectivity index (χ0v) is 26.5. The molecule has 0 aliphatic heterocycles. The third-order valence-electron chi connectivity index (χ3n) is 6.89. The van der Waals surface area contributed by atoms with Crippen LogP contribution < -0.4 is 14.4 Å². The zero-order chi connectivity index (χ0) is 30.2. The number of anilines is 1. The van der Waals surface area contributed by atoms with E-state index in [2.05, 4.69) is 21.2 Å². The lowest BCUT2D eigenvalue weighted by Gasteiger charge is -2.33. The molecule has 2 atom stereocenters. The van der Waals surface area contributed by atoms with Gasteiger partial charge < -0.3 is 15.0 Å². The second kappa shape index (κ2) is 14.5. The molecule has 0 fully saturated rings. The summed E-state index contributed by atoms with van der Waals surface area (Å²) >= 11 is 3.37. The van der Waals surface area contributed by atoms with Gasteiger partial charge in [0.1, 0.15) is 18.3 Å². The highest BCUT2D eigenvalue weighted by Crippen LogP contribution is 2.31. The number of hydrogen-bond acceptors (Lipinski definition) is 5. The van der Waals surface area contributed by atoms with Crippen LogP contribution in [0.2, 0.25) is 0 Å². The molecule has 0 saturated carbocycles. The van der Waals surface area contributed by atoms with E-state index < -0.39 is 28.5 Å². The molecule has 3 rings (SSSR count). The van der Waals surface area contributed by atoms with E-state index in [-0.39, 0.29) is 23.4 Å². The molecule has 0 unspecified atom stereocenters. The Balaban J connectivity index is 2.06. The lowest BCUT2D eigenvalue weighted by atomic mass is 10.1. The SMILES string of the molecule is CC[C@H](C)NC(=O)[C@H](CC)N(Cc1ccccc1)C(=O)CN(c1ccc(C)cc1)S(=O)(=O)c1ccc(OC)c(Br)c1. The first-order valence-corrected chi connectivity index (χ1v) is 15.8. The fourth-order valence-electron chi connectivity index (χ4n) is 4.32. The first-order chi connectivity index (χ1) is 19.5. The molecule has 10 heteroatoms. The minimum absolute atomic E-state index is 0.00489. The highest BCUT2D eigenvalue weighted by atomic mass is 79.9. The summed E-state index contributed by atoms with van der Waals surface area (Å²) < 4.78 is 34.9. The van der Waals surface area contributed by atoms with Gasteiger partial charge >= 0.3 is 0 Å². The molecular weight excluding hydrogens is 606 g/mol. The predicted octanol–water partition coefficient (Wildman–Crippen LogP) is 5.68. The molecule has 0 saturated heterocycles. The minimum Gasteiger partial charge on any atom is -0.496 e. The molecule has 0 radical (unpaired) electrons. The number of nitrogens with zero attached hydrogens (tertiary/aromatic N) is 2. The number of halogens is 1. The van der Waals surface area contributed by atoms with Gasteiger partial charge in [-0.3, -0.25) is 13.9 Å². The van der Waals surface area contributed by atoms with Gasteiger partial charge in [-0.2, -0.15) is 0 Å². The normalized spacial score (nSPS) is 12.7. The fourth-order valence-corrected chi connectivity index (χ4v) is 6.45. The van der Waals surface area contributed by atoms with Crippen molar-refractivity contribution in [3.8, 4) is 5.75 Å². The number of hydrogen-bond donors (Lipinski definition) is 1. The Labute approximate surface area is 251 Å². The number of nitrogens with one attached hydrogen (secondary N) is 1. The third-order valence-corrected chi connectivity index (χ3v) is 9.28. The van der Waals surface area contributed by atoms with E-state index in [1.807, 2.05) is 58.0 Å². The summed E-state index contributed by atoms with van der Waals surface area (Å²) in [5, 5.41) is 2.98. The lowest BCUT2D eigenvalue weighted by Crippen LogP contribution is -2.53. The number of aryl methyl sites for hydroxylation is 1. The maximum atomic E-state index is 14.1. The van der Waals surface area contributed by atoms with E-state index in [0.29, 0.717) is 22.3 Å². The van der Waals surface area contributed by atoms with Gasteiger partial charge in [0.15, 0.2) is 0 Å². The van der Waals surface area contributed by atoms with Crippen LogP contribution in [0.5, 0.6) is 5.75 Å². The number of sulfonamides is 1. The standard InChI is InChI=1S/C31H38BrN3O5S/c1-6-23(4)33-31(37)28(7-2)34(20-24-11-9-8-10-12-24)30(36)21-35(25-15-13-22(3)14-16-25)41(38,39)26-17-18-29(40-5)27(32)19-26/h8-19,23,28H,6-7,20-21H2,1-5H3,(H,33,37)/t23-,28-/m0/s1. The van der Waals surface area contributed by atoms with Crippen molar-refractivity contribution in [1.29, 1.82) is 0 Å². The highest BCUT2D eigenvalue weighted by Gasteiger charge is 2.34. The van der Waals surface area contributed by atoms with Crippen LogP contribution in [-0.4, -0.2) is 50.9 Å². The average Bonchev–Trinajstić information content (AvgIpc) is 2.96. The van der Waals surface area contributed by atoms with Crippen molar-refractivity contribution < 1.29 is 22.7 Å². The minimum atomic E-state index is -4.19. The number of benzene rings is 3. The number of amides is 2. The number of ether oxygens (including phenoxy) is 1. The van der Waals surface area contributed by atoms with Crippen molar-refractivity contribution in [2.45, 2.75) is 64.1 Å². The Morgan fingerprint density at radius 2 is 1.63 bits per heavy atom. The number of methoxy groups -OCH3 is 1. The van der Waals surface area contributed by atoms with Crippen molar-refractivity contribution in [3.05, 3.63) is 88.4 Å². The summed E-state index contributed by atoms with van der Waals surface area (Å²) in [7, 11) is -2.70. The van der Waals surface area contributed by atoms with E-state index in [4.69, 9.17) is 4.74 Å². The maximum absolute atomic E-state index is 14.1. The molecule has 0 aliphatic carbocycles. The zero-order valence-electron chi connectivity index (χ0n) is 24.1. The van der Waals surface area contributed by atoms with Gasteiger partial charge in [-0.1, -0.05) is 61.9 Å². The summed E-state index contributed by atoms with van der Waals surface area (Å²) in [6, 6.07) is 19.9. The van der Waals surface area contributed by atoms with Gasteiger partial charge in [-0.05, 0) is 78.5 Å². The fraction of sp³-hybridized carbons (Fsp3) is 0.355. The Kier molecular flexibility index (Phi) is 11.4. The number of rotatable bonds is 13. The van der Waals surface area contributed by atoms with E-state index in [0.717, 1.165) is 21.9 Å². The van der Waals surface area contributed by atoms with Crippen LogP contribution in [0.3, 0.4) is 0 Å². The van der Waals surface area contributed by atoms with Crippen molar-refractivity contribution in [3.63, 3.8) is 0 Å². The van der Waals surface area contributed by atoms with E-state index >= 15 is 0 Å². The van der Waals surface area contributed by atoms with Crippen LogP contribution in [0.1, 0.15) is 44.7 Å². The quantitative estimate of drug-likeness (QED) is 0.258. The molecule has 2 amide bonds. The van der Waals surface area contributed by atoms with Crippen LogP contribution >= 0.6 is 15.9 Å². The number of carbonyl (C=O) groups excluding carboxylic acids is 2.